The molecule has 0 atom stereocenters. The van der Waals surface area contributed by atoms with Gasteiger partial charge in [0.2, 0.25) is 0 Å². The summed E-state index contributed by atoms with van der Waals surface area (Å²) in [5.41, 5.74) is 5.61. The number of benzene rings is 1. The minimum atomic E-state index is -0.526. The fraction of sp³-hybridized carbons (Fsp3) is 0.200. The summed E-state index contributed by atoms with van der Waals surface area (Å²) in [4.78, 5) is 18.3. The molecule has 0 aliphatic carbocycles. The van der Waals surface area contributed by atoms with E-state index in [0.29, 0.717) is 5.69 Å². The average Bonchev–Trinajstić information content (AvgIpc) is 2.62. The van der Waals surface area contributed by atoms with E-state index in [1.807, 2.05) is 13.8 Å². The summed E-state index contributed by atoms with van der Waals surface area (Å²) >= 11 is 0. The molecule has 24 heavy (non-hydrogen) atoms. The van der Waals surface area contributed by atoms with Gasteiger partial charge in [-0.1, -0.05) is 26.0 Å². The van der Waals surface area contributed by atoms with Crippen LogP contribution in [0.15, 0.2) is 24.3 Å². The van der Waals surface area contributed by atoms with Crippen molar-refractivity contribution >= 4 is 17.2 Å². The molecule has 9 nitrogen and oxygen atoms in total. The van der Waals surface area contributed by atoms with Gasteiger partial charge in [-0.25, -0.2) is 9.97 Å². The summed E-state index contributed by atoms with van der Waals surface area (Å²) in [5, 5.41) is 28.7. The van der Waals surface area contributed by atoms with Crippen LogP contribution < -0.4 is 10.9 Å². The number of aryl methyl sites for hydroxylation is 1. The summed E-state index contributed by atoms with van der Waals surface area (Å²) < 4.78 is 0. The molecule has 0 fully saturated rings. The number of nitriles is 2. The highest BCUT2D eigenvalue weighted by atomic mass is 16.6. The number of hydrazine groups is 1. The lowest BCUT2D eigenvalue weighted by Crippen LogP contribution is -2.14. The molecule has 122 valence electrons. The maximum absolute atomic E-state index is 10.9. The van der Waals surface area contributed by atoms with Crippen molar-refractivity contribution in [3.8, 4) is 12.1 Å². The second kappa shape index (κ2) is 8.66. The smallest absolute Gasteiger partial charge is 0.293 e. The van der Waals surface area contributed by atoms with Crippen LogP contribution >= 0.6 is 0 Å². The summed E-state index contributed by atoms with van der Waals surface area (Å²) in [5.74, 6) is 0.203. The minimum Gasteiger partial charge on any atom is -0.293 e. The monoisotopic (exact) mass is 325 g/mol. The van der Waals surface area contributed by atoms with Gasteiger partial charge in [0.25, 0.3) is 5.69 Å². The van der Waals surface area contributed by atoms with Crippen LogP contribution in [0.1, 0.15) is 30.9 Å². The van der Waals surface area contributed by atoms with Gasteiger partial charge in [-0.15, -0.1) is 0 Å². The molecule has 0 saturated heterocycles. The van der Waals surface area contributed by atoms with Gasteiger partial charge in [-0.2, -0.15) is 10.5 Å². The zero-order valence-corrected chi connectivity index (χ0v) is 13.4. The molecule has 0 radical (unpaired) electrons. The maximum atomic E-state index is 10.9. The highest BCUT2D eigenvalue weighted by Crippen LogP contribution is 2.23. The van der Waals surface area contributed by atoms with Crippen molar-refractivity contribution in [2.45, 2.75) is 20.8 Å². The van der Waals surface area contributed by atoms with Gasteiger partial charge in [-0.05, 0) is 13.0 Å². The molecule has 0 aliphatic heterocycles. The lowest BCUT2D eigenvalue weighted by Gasteiger charge is -2.11. The summed E-state index contributed by atoms with van der Waals surface area (Å²) in [6.07, 6.45) is 0. The predicted octanol–water partition coefficient (Wildman–Crippen LogP) is 2.90. The molecule has 0 saturated carbocycles. The molecule has 9 heteroatoms. The fourth-order valence-corrected chi connectivity index (χ4v) is 1.66. The van der Waals surface area contributed by atoms with Crippen molar-refractivity contribution in [3.05, 3.63) is 51.5 Å². The highest BCUT2D eigenvalue weighted by Gasteiger charge is 2.14. The molecule has 1 aromatic carbocycles. The van der Waals surface area contributed by atoms with Crippen LogP contribution in [0.2, 0.25) is 0 Å². The van der Waals surface area contributed by atoms with Gasteiger partial charge < -0.3 is 0 Å². The Bertz CT molecular complexity index is 822. The van der Waals surface area contributed by atoms with Gasteiger partial charge in [0, 0.05) is 6.07 Å². The molecular formula is C15H15N7O2. The molecule has 2 aromatic rings. The van der Waals surface area contributed by atoms with Crippen molar-refractivity contribution in [1.82, 2.24) is 9.97 Å². The molecule has 2 N–H and O–H groups in total. The topological polar surface area (TPSA) is 141 Å². The maximum Gasteiger partial charge on any atom is 0.294 e. The number of nitrogens with one attached hydrogen (secondary N) is 2. The standard InChI is InChI=1S/C13H9N7O2.C2H6/c1-8-13(17-11(7-15)10(6-14)16-8)19-18-9-4-2-3-5-12(9)20(21)22;1-2/h2-5,18H,1H3,(H,17,19);1-2H3. The summed E-state index contributed by atoms with van der Waals surface area (Å²) in [7, 11) is 0. The van der Waals surface area contributed by atoms with Crippen LogP contribution in [-0.4, -0.2) is 14.9 Å². The molecule has 0 bridgehead atoms. The molecule has 2 rings (SSSR count). The van der Waals surface area contributed by atoms with Crippen LogP contribution in [0.4, 0.5) is 17.2 Å². The van der Waals surface area contributed by atoms with Crippen molar-refractivity contribution in [1.29, 1.82) is 10.5 Å². The molecule has 0 amide bonds. The van der Waals surface area contributed by atoms with Crippen molar-refractivity contribution < 1.29 is 4.92 Å². The van der Waals surface area contributed by atoms with Gasteiger partial charge in [-0.3, -0.25) is 21.0 Å². The minimum absolute atomic E-state index is 0.0729. The fourth-order valence-electron chi connectivity index (χ4n) is 1.66. The lowest BCUT2D eigenvalue weighted by atomic mass is 10.3. The molecule has 1 aromatic heterocycles. The van der Waals surface area contributed by atoms with Crippen LogP contribution in [0.5, 0.6) is 0 Å². The van der Waals surface area contributed by atoms with E-state index in [-0.39, 0.29) is 28.6 Å². The third-order valence-corrected chi connectivity index (χ3v) is 2.70. The Balaban J connectivity index is 0.00000139. The van der Waals surface area contributed by atoms with Crippen LogP contribution in [0, 0.1) is 39.7 Å². The second-order valence-corrected chi connectivity index (χ2v) is 4.10. The number of nitrogens with zero attached hydrogens (tertiary/aromatic N) is 5. The highest BCUT2D eigenvalue weighted by molar-refractivity contribution is 5.63. The first-order valence-corrected chi connectivity index (χ1v) is 7.01. The van der Waals surface area contributed by atoms with Crippen LogP contribution in [-0.2, 0) is 0 Å². The van der Waals surface area contributed by atoms with E-state index < -0.39 is 4.92 Å². The van der Waals surface area contributed by atoms with E-state index in [1.165, 1.54) is 12.1 Å². The molecule has 0 unspecified atom stereocenters. The van der Waals surface area contributed by atoms with Crippen LogP contribution in [0.3, 0.4) is 0 Å². The van der Waals surface area contributed by atoms with Gasteiger partial charge in [0.15, 0.2) is 17.2 Å². The summed E-state index contributed by atoms with van der Waals surface area (Å²) in [6.45, 7) is 5.60. The van der Waals surface area contributed by atoms with Crippen molar-refractivity contribution in [2.24, 2.45) is 0 Å². The SMILES string of the molecule is CC.Cc1nc(C#N)c(C#N)nc1NNc1ccccc1[N+](=O)[O-]. The van der Waals surface area contributed by atoms with Gasteiger partial charge in [0.1, 0.15) is 17.8 Å². The first-order chi connectivity index (χ1) is 11.6. The van der Waals surface area contributed by atoms with Gasteiger partial charge in [0.05, 0.1) is 10.6 Å². The van der Waals surface area contributed by atoms with Crippen molar-refractivity contribution in [3.63, 3.8) is 0 Å². The Hall–Kier alpha value is -3.72. The number of rotatable bonds is 4. The third kappa shape index (κ3) is 4.15. The Morgan fingerprint density at radius 3 is 2.25 bits per heavy atom. The quantitative estimate of drug-likeness (QED) is 0.645. The van der Waals surface area contributed by atoms with Crippen LogP contribution in [0.25, 0.3) is 0 Å². The number of nitro benzene ring substituents is 1. The Labute approximate surface area is 138 Å². The number of aromatic nitrogens is 2. The summed E-state index contributed by atoms with van der Waals surface area (Å²) in [6, 6.07) is 9.59. The first-order valence-electron chi connectivity index (χ1n) is 7.01. The predicted molar refractivity (Wildman–Crippen MR) is 87.9 cm³/mol. The number of nitro groups is 1. The number of hydrogen-bond acceptors (Lipinski definition) is 8. The number of hydrogen-bond donors (Lipinski definition) is 2. The molecule has 0 aliphatic rings. The third-order valence-electron chi connectivity index (χ3n) is 2.70. The van der Waals surface area contributed by atoms with E-state index in [0.717, 1.165) is 0 Å². The first kappa shape index (κ1) is 18.3. The Kier molecular flexibility index (Phi) is 6.61. The molecule has 0 spiro atoms. The van der Waals surface area contributed by atoms with E-state index in [9.17, 15) is 10.1 Å². The van der Waals surface area contributed by atoms with E-state index >= 15 is 0 Å². The zero-order valence-electron chi connectivity index (χ0n) is 13.4. The Morgan fingerprint density at radius 1 is 1.08 bits per heavy atom. The number of anilines is 2. The molecule has 1 heterocycles. The lowest BCUT2D eigenvalue weighted by molar-refractivity contribution is -0.383. The second-order valence-electron chi connectivity index (χ2n) is 4.10. The Morgan fingerprint density at radius 2 is 1.67 bits per heavy atom. The zero-order chi connectivity index (χ0) is 18.1. The number of para-hydroxylation sites is 2. The van der Waals surface area contributed by atoms with E-state index in [2.05, 4.69) is 20.8 Å². The van der Waals surface area contributed by atoms with Gasteiger partial charge >= 0.3 is 0 Å². The molecular weight excluding hydrogens is 310 g/mol. The van der Waals surface area contributed by atoms with E-state index in [1.54, 1.807) is 31.2 Å². The van der Waals surface area contributed by atoms with Crippen molar-refractivity contribution in [2.75, 3.05) is 10.9 Å². The van der Waals surface area contributed by atoms with E-state index in [4.69, 9.17) is 10.5 Å². The average molecular weight is 325 g/mol. The normalized spacial score (nSPS) is 8.88. The largest absolute Gasteiger partial charge is 0.294 e.